The zero-order chi connectivity index (χ0) is 21.6. The van der Waals surface area contributed by atoms with Crippen LogP contribution in [-0.2, 0) is 4.79 Å². The quantitative estimate of drug-likeness (QED) is 0.340. The SMILES string of the molecule is O=C(CSc1nnc(-c2ccccc2)c(-c2ccccc2)n1)Nc1c(Cl)cccc1Cl. The van der Waals surface area contributed by atoms with Gasteiger partial charge >= 0.3 is 0 Å². The summed E-state index contributed by atoms with van der Waals surface area (Å²) in [5.41, 5.74) is 3.62. The number of carbonyl (C=O) groups excluding carboxylic acids is 1. The summed E-state index contributed by atoms with van der Waals surface area (Å²) in [6, 6.07) is 24.6. The van der Waals surface area contributed by atoms with Crippen molar-refractivity contribution in [2.45, 2.75) is 5.16 Å². The molecule has 0 aliphatic heterocycles. The van der Waals surface area contributed by atoms with Crippen molar-refractivity contribution >= 4 is 46.6 Å². The van der Waals surface area contributed by atoms with Crippen LogP contribution in [0.15, 0.2) is 84.0 Å². The Kier molecular flexibility index (Phi) is 6.82. The van der Waals surface area contributed by atoms with Crippen LogP contribution in [0.5, 0.6) is 0 Å². The number of halogens is 2. The van der Waals surface area contributed by atoms with E-state index in [2.05, 4.69) is 15.5 Å². The molecule has 0 atom stereocenters. The second kappa shape index (κ2) is 9.92. The highest BCUT2D eigenvalue weighted by molar-refractivity contribution is 7.99. The van der Waals surface area contributed by atoms with Gasteiger partial charge in [0.15, 0.2) is 0 Å². The number of rotatable bonds is 6. The number of nitrogens with zero attached hydrogens (tertiary/aromatic N) is 3. The summed E-state index contributed by atoms with van der Waals surface area (Å²) < 4.78 is 0. The van der Waals surface area contributed by atoms with Gasteiger partial charge in [0, 0.05) is 11.1 Å². The van der Waals surface area contributed by atoms with E-state index in [0.29, 0.717) is 32.3 Å². The molecule has 1 N–H and O–H groups in total. The number of hydrogen-bond acceptors (Lipinski definition) is 5. The number of anilines is 1. The van der Waals surface area contributed by atoms with Crippen molar-refractivity contribution in [2.24, 2.45) is 0 Å². The predicted octanol–water partition coefficient (Wildman–Crippen LogP) is 6.24. The molecule has 0 radical (unpaired) electrons. The minimum atomic E-state index is -0.267. The van der Waals surface area contributed by atoms with Gasteiger partial charge in [0.2, 0.25) is 11.1 Å². The van der Waals surface area contributed by atoms with Crippen LogP contribution >= 0.6 is 35.0 Å². The van der Waals surface area contributed by atoms with Crippen LogP contribution in [0.2, 0.25) is 10.0 Å². The lowest BCUT2D eigenvalue weighted by Crippen LogP contribution is -2.15. The van der Waals surface area contributed by atoms with Crippen LogP contribution in [0.3, 0.4) is 0 Å². The van der Waals surface area contributed by atoms with Gasteiger partial charge < -0.3 is 5.32 Å². The smallest absolute Gasteiger partial charge is 0.234 e. The Hall–Kier alpha value is -2.93. The Bertz CT molecular complexity index is 1190. The lowest BCUT2D eigenvalue weighted by atomic mass is 10.0. The normalized spacial score (nSPS) is 10.6. The molecule has 154 valence electrons. The molecule has 0 unspecified atom stereocenters. The van der Waals surface area contributed by atoms with Gasteiger partial charge in [0.1, 0.15) is 11.4 Å². The molecule has 3 aromatic carbocycles. The van der Waals surface area contributed by atoms with Gasteiger partial charge in [-0.15, -0.1) is 10.2 Å². The molecule has 1 aromatic heterocycles. The molecule has 0 bridgehead atoms. The Balaban J connectivity index is 1.56. The summed E-state index contributed by atoms with van der Waals surface area (Å²) in [6.07, 6.45) is 0. The van der Waals surface area contributed by atoms with E-state index in [1.54, 1.807) is 18.2 Å². The van der Waals surface area contributed by atoms with Crippen LogP contribution < -0.4 is 5.32 Å². The molecule has 0 saturated carbocycles. The topological polar surface area (TPSA) is 67.8 Å². The van der Waals surface area contributed by atoms with Gasteiger partial charge in [-0.05, 0) is 12.1 Å². The molecule has 0 aliphatic rings. The zero-order valence-corrected chi connectivity index (χ0v) is 18.5. The van der Waals surface area contributed by atoms with Crippen molar-refractivity contribution in [1.82, 2.24) is 15.2 Å². The van der Waals surface area contributed by atoms with Crippen molar-refractivity contribution in [3.63, 3.8) is 0 Å². The molecule has 0 saturated heterocycles. The molecule has 1 amide bonds. The van der Waals surface area contributed by atoms with Crippen LogP contribution in [0, 0.1) is 0 Å². The number of benzene rings is 3. The fraction of sp³-hybridized carbons (Fsp3) is 0.0435. The standard InChI is InChI=1S/C23H16Cl2N4OS/c24-17-12-7-13-18(25)22(17)26-19(30)14-31-23-27-20(15-8-3-1-4-9-15)21(28-29-23)16-10-5-2-6-11-16/h1-13H,14H2,(H,26,30). The van der Waals surface area contributed by atoms with Gasteiger partial charge in [-0.2, -0.15) is 0 Å². The number of aromatic nitrogens is 3. The van der Waals surface area contributed by atoms with Crippen molar-refractivity contribution in [2.75, 3.05) is 11.1 Å². The maximum atomic E-state index is 12.4. The molecule has 1 heterocycles. The maximum Gasteiger partial charge on any atom is 0.234 e. The average molecular weight is 467 g/mol. The molecule has 8 heteroatoms. The van der Waals surface area contributed by atoms with Crippen LogP contribution in [0.1, 0.15) is 0 Å². The first-order chi connectivity index (χ1) is 15.1. The second-order valence-electron chi connectivity index (χ2n) is 6.46. The average Bonchev–Trinajstić information content (AvgIpc) is 2.81. The highest BCUT2D eigenvalue weighted by Gasteiger charge is 2.15. The third-order valence-corrected chi connectivity index (χ3v) is 5.79. The van der Waals surface area contributed by atoms with Gasteiger partial charge in [0.05, 0.1) is 21.5 Å². The number of amides is 1. The van der Waals surface area contributed by atoms with E-state index in [0.717, 1.165) is 11.1 Å². The number of nitrogens with one attached hydrogen (secondary N) is 1. The summed E-state index contributed by atoms with van der Waals surface area (Å²) >= 11 is 13.4. The monoisotopic (exact) mass is 466 g/mol. The van der Waals surface area contributed by atoms with Gasteiger partial charge in [-0.1, -0.05) is 102 Å². The number of para-hydroxylation sites is 1. The third-order valence-electron chi connectivity index (χ3n) is 4.32. The Morgan fingerprint density at radius 3 is 1.97 bits per heavy atom. The third kappa shape index (κ3) is 5.22. The minimum Gasteiger partial charge on any atom is -0.323 e. The number of carbonyl (C=O) groups is 1. The summed E-state index contributed by atoms with van der Waals surface area (Å²) in [7, 11) is 0. The molecule has 31 heavy (non-hydrogen) atoms. The van der Waals surface area contributed by atoms with Crippen molar-refractivity contribution in [3.05, 3.63) is 88.9 Å². The van der Waals surface area contributed by atoms with E-state index in [9.17, 15) is 4.79 Å². The van der Waals surface area contributed by atoms with Crippen molar-refractivity contribution in [1.29, 1.82) is 0 Å². The minimum absolute atomic E-state index is 0.0855. The van der Waals surface area contributed by atoms with E-state index in [1.165, 1.54) is 11.8 Å². The highest BCUT2D eigenvalue weighted by Crippen LogP contribution is 2.31. The van der Waals surface area contributed by atoms with Gasteiger partial charge in [0.25, 0.3) is 0 Å². The first-order valence-corrected chi connectivity index (χ1v) is 11.1. The number of thioether (sulfide) groups is 1. The second-order valence-corrected chi connectivity index (χ2v) is 8.21. The fourth-order valence-corrected chi connectivity index (χ4v) is 3.96. The summed E-state index contributed by atoms with van der Waals surface area (Å²) in [5.74, 6) is -0.181. The Morgan fingerprint density at radius 1 is 0.774 bits per heavy atom. The summed E-state index contributed by atoms with van der Waals surface area (Å²) in [6.45, 7) is 0. The Morgan fingerprint density at radius 2 is 1.35 bits per heavy atom. The first-order valence-electron chi connectivity index (χ1n) is 9.34. The van der Waals surface area contributed by atoms with Crippen LogP contribution in [0.4, 0.5) is 5.69 Å². The van der Waals surface area contributed by atoms with E-state index < -0.39 is 0 Å². The lowest BCUT2D eigenvalue weighted by molar-refractivity contribution is -0.113. The molecule has 0 fully saturated rings. The Labute approximate surface area is 193 Å². The molecule has 0 aliphatic carbocycles. The van der Waals surface area contributed by atoms with E-state index in [1.807, 2.05) is 60.7 Å². The molecule has 4 rings (SSSR count). The number of hydrogen-bond donors (Lipinski definition) is 1. The lowest BCUT2D eigenvalue weighted by Gasteiger charge is -2.10. The predicted molar refractivity (Wildman–Crippen MR) is 127 cm³/mol. The molecule has 5 nitrogen and oxygen atoms in total. The van der Waals surface area contributed by atoms with Crippen LogP contribution in [-0.4, -0.2) is 26.8 Å². The van der Waals surface area contributed by atoms with E-state index in [-0.39, 0.29) is 11.7 Å². The molecular formula is C23H16Cl2N4OS. The molecule has 4 aromatic rings. The fourth-order valence-electron chi connectivity index (χ4n) is 2.88. The maximum absolute atomic E-state index is 12.4. The van der Waals surface area contributed by atoms with E-state index in [4.69, 9.17) is 28.2 Å². The van der Waals surface area contributed by atoms with Crippen molar-refractivity contribution < 1.29 is 4.79 Å². The molecule has 0 spiro atoms. The van der Waals surface area contributed by atoms with E-state index >= 15 is 0 Å². The zero-order valence-electron chi connectivity index (χ0n) is 16.1. The molecular weight excluding hydrogens is 451 g/mol. The summed E-state index contributed by atoms with van der Waals surface area (Å²) in [5, 5.41) is 12.5. The largest absolute Gasteiger partial charge is 0.323 e. The van der Waals surface area contributed by atoms with Gasteiger partial charge in [-0.3, -0.25) is 4.79 Å². The highest BCUT2D eigenvalue weighted by atomic mass is 35.5. The van der Waals surface area contributed by atoms with Crippen LogP contribution in [0.25, 0.3) is 22.5 Å². The first kappa shape index (κ1) is 21.3. The van der Waals surface area contributed by atoms with Gasteiger partial charge in [-0.25, -0.2) is 4.98 Å². The summed E-state index contributed by atoms with van der Waals surface area (Å²) in [4.78, 5) is 17.1. The van der Waals surface area contributed by atoms with Crippen molar-refractivity contribution in [3.8, 4) is 22.5 Å².